The monoisotopic (exact) mass is 336 g/mol. The molecular weight excluding hydrogens is 313 g/mol. The molecule has 1 aliphatic rings. The molecule has 0 saturated heterocycles. The Balaban J connectivity index is 0.00000180. The van der Waals surface area contributed by atoms with Crippen LogP contribution in [0.1, 0.15) is 55.6 Å². The van der Waals surface area contributed by atoms with Crippen molar-refractivity contribution in [3.8, 4) is 0 Å². The van der Waals surface area contributed by atoms with Crippen LogP contribution in [0, 0.1) is 18.9 Å². The first-order valence-electron chi connectivity index (χ1n) is 7.04. The Hall–Kier alpha value is 0.244. The van der Waals surface area contributed by atoms with Gasteiger partial charge in [-0.3, -0.25) is 5.26 Å². The molecule has 19 heavy (non-hydrogen) atoms. The summed E-state index contributed by atoms with van der Waals surface area (Å²) in [6.45, 7) is 2.57. The normalized spacial score (nSPS) is 22.8. The second kappa shape index (κ2) is 9.23. The summed E-state index contributed by atoms with van der Waals surface area (Å²) in [6, 6.07) is 9.90. The molecule has 1 aromatic carbocycles. The van der Waals surface area contributed by atoms with Gasteiger partial charge < -0.3 is 0 Å². The van der Waals surface area contributed by atoms with Crippen LogP contribution in [-0.4, -0.2) is 11.9 Å². The van der Waals surface area contributed by atoms with Gasteiger partial charge in [0, 0.05) is 32.7 Å². The van der Waals surface area contributed by atoms with Crippen LogP contribution in [-0.2, 0) is 37.6 Å². The first kappa shape index (κ1) is 17.3. The van der Waals surface area contributed by atoms with E-state index in [1.807, 2.05) is 0 Å². The van der Waals surface area contributed by atoms with Gasteiger partial charge in [-0.1, -0.05) is 38.5 Å². The van der Waals surface area contributed by atoms with Gasteiger partial charge in [0.05, 0.1) is 6.61 Å². The van der Waals surface area contributed by atoms with Gasteiger partial charge in [0.1, 0.15) is 0 Å². The van der Waals surface area contributed by atoms with Gasteiger partial charge in [0.2, 0.25) is 0 Å². The number of benzene rings is 1. The van der Waals surface area contributed by atoms with Crippen LogP contribution >= 0.6 is 0 Å². The fraction of sp³-hybridized carbons (Fsp3) is 0.625. The quantitative estimate of drug-likeness (QED) is 0.375. The van der Waals surface area contributed by atoms with Crippen LogP contribution in [0.15, 0.2) is 18.2 Å². The van der Waals surface area contributed by atoms with Gasteiger partial charge in [-0.2, -0.15) is 35.4 Å². The molecule has 2 rings (SSSR count). The van der Waals surface area contributed by atoms with E-state index in [9.17, 15) is 0 Å². The smallest absolute Gasteiger partial charge is 0.0819 e. The summed E-state index contributed by atoms with van der Waals surface area (Å²) in [7, 11) is 0. The Morgan fingerprint density at radius 1 is 1.26 bits per heavy atom. The van der Waals surface area contributed by atoms with Crippen molar-refractivity contribution in [1.82, 2.24) is 0 Å². The molecular formula is C16H23O2Y-. The van der Waals surface area contributed by atoms with Crippen molar-refractivity contribution < 1.29 is 42.9 Å². The van der Waals surface area contributed by atoms with Gasteiger partial charge >= 0.3 is 0 Å². The molecule has 2 nitrogen and oxygen atoms in total. The largest absolute Gasteiger partial charge is 0.252 e. The van der Waals surface area contributed by atoms with Crippen molar-refractivity contribution in [3.05, 3.63) is 35.4 Å². The number of aryl methyl sites for hydroxylation is 1. The first-order valence-corrected chi connectivity index (χ1v) is 7.04. The van der Waals surface area contributed by atoms with E-state index in [1.165, 1.54) is 43.2 Å². The molecule has 0 unspecified atom stereocenters. The fourth-order valence-corrected chi connectivity index (χ4v) is 2.99. The molecule has 1 fully saturated rings. The molecule has 1 saturated carbocycles. The van der Waals surface area contributed by atoms with Gasteiger partial charge in [-0.25, -0.2) is 4.89 Å². The number of hydrogen-bond acceptors (Lipinski definition) is 2. The van der Waals surface area contributed by atoms with Crippen molar-refractivity contribution in [3.63, 3.8) is 0 Å². The molecule has 1 N–H and O–H groups in total. The van der Waals surface area contributed by atoms with Crippen LogP contribution in [0.4, 0.5) is 0 Å². The fourth-order valence-electron chi connectivity index (χ4n) is 2.99. The molecule has 103 valence electrons. The average molecular weight is 336 g/mol. The minimum atomic E-state index is 0. The van der Waals surface area contributed by atoms with Crippen molar-refractivity contribution in [2.75, 3.05) is 6.61 Å². The average Bonchev–Trinajstić information content (AvgIpc) is 2.41. The molecule has 0 bridgehead atoms. The summed E-state index contributed by atoms with van der Waals surface area (Å²) in [5.41, 5.74) is 2.68. The van der Waals surface area contributed by atoms with Gasteiger partial charge in [0.25, 0.3) is 0 Å². The Bertz CT molecular complexity index is 342. The summed E-state index contributed by atoms with van der Waals surface area (Å²) >= 11 is 0. The van der Waals surface area contributed by atoms with Gasteiger partial charge in [-0.15, -0.1) is 0 Å². The topological polar surface area (TPSA) is 29.5 Å². The maximum atomic E-state index is 8.31. The second-order valence-corrected chi connectivity index (χ2v) is 5.50. The van der Waals surface area contributed by atoms with Crippen molar-refractivity contribution >= 4 is 0 Å². The SMILES string of the molecule is Cc1[c-]cc(C2CCC(CCCOO)CC2)cc1.[Y]. The summed E-state index contributed by atoms with van der Waals surface area (Å²) in [4.78, 5) is 4.13. The minimum absolute atomic E-state index is 0. The van der Waals surface area contributed by atoms with Crippen molar-refractivity contribution in [1.29, 1.82) is 0 Å². The van der Waals surface area contributed by atoms with Crippen LogP contribution in [0.3, 0.4) is 0 Å². The van der Waals surface area contributed by atoms with Crippen molar-refractivity contribution in [2.24, 2.45) is 5.92 Å². The van der Waals surface area contributed by atoms with Crippen LogP contribution in [0.25, 0.3) is 0 Å². The van der Waals surface area contributed by atoms with Crippen LogP contribution in [0.5, 0.6) is 0 Å². The van der Waals surface area contributed by atoms with E-state index in [4.69, 9.17) is 5.26 Å². The zero-order chi connectivity index (χ0) is 12.8. The Kier molecular flexibility index (Phi) is 8.40. The maximum Gasteiger partial charge on any atom is 0.0819 e. The second-order valence-electron chi connectivity index (χ2n) is 5.50. The Morgan fingerprint density at radius 2 is 2.00 bits per heavy atom. The Morgan fingerprint density at radius 3 is 2.58 bits per heavy atom. The van der Waals surface area contributed by atoms with E-state index in [-0.39, 0.29) is 32.7 Å². The molecule has 0 heterocycles. The van der Waals surface area contributed by atoms with E-state index < -0.39 is 0 Å². The third-order valence-corrected chi connectivity index (χ3v) is 4.16. The standard InChI is InChI=1S/C16H23O2.Y/c1-13-4-8-15(9-5-13)16-10-6-14(7-11-16)3-2-12-18-17;/h4,8-9,14,16-17H,2-3,6-7,10-12H2,1H3;/q-1;. The number of hydrogen-bond donors (Lipinski definition) is 1. The molecule has 0 spiro atoms. The minimum Gasteiger partial charge on any atom is -0.252 e. The molecule has 3 heteroatoms. The third-order valence-electron chi connectivity index (χ3n) is 4.16. The predicted octanol–water partition coefficient (Wildman–Crippen LogP) is 4.34. The first-order chi connectivity index (χ1) is 8.79. The molecule has 1 radical (unpaired) electrons. The zero-order valence-corrected chi connectivity index (χ0v) is 14.6. The Labute approximate surface area is 141 Å². The van der Waals surface area contributed by atoms with Gasteiger partial charge in [-0.05, 0) is 18.8 Å². The summed E-state index contributed by atoms with van der Waals surface area (Å²) in [5.74, 6) is 1.55. The maximum absolute atomic E-state index is 8.31. The molecule has 0 atom stereocenters. The predicted molar refractivity (Wildman–Crippen MR) is 72.5 cm³/mol. The zero-order valence-electron chi connectivity index (χ0n) is 11.8. The summed E-state index contributed by atoms with van der Waals surface area (Å²) in [5, 5.41) is 8.31. The van der Waals surface area contributed by atoms with E-state index in [1.54, 1.807) is 0 Å². The third kappa shape index (κ3) is 5.63. The molecule has 0 aliphatic heterocycles. The van der Waals surface area contributed by atoms with E-state index in [0.29, 0.717) is 6.61 Å². The van der Waals surface area contributed by atoms with Gasteiger partial charge in [0.15, 0.2) is 0 Å². The van der Waals surface area contributed by atoms with E-state index in [2.05, 4.69) is 36.1 Å². The molecule has 1 aromatic rings. The molecule has 1 aliphatic carbocycles. The number of rotatable bonds is 5. The van der Waals surface area contributed by atoms with E-state index in [0.717, 1.165) is 18.3 Å². The summed E-state index contributed by atoms with van der Waals surface area (Å²) in [6.07, 6.45) is 7.37. The molecule has 0 amide bonds. The summed E-state index contributed by atoms with van der Waals surface area (Å²) < 4.78 is 0. The van der Waals surface area contributed by atoms with E-state index >= 15 is 0 Å². The van der Waals surface area contributed by atoms with Crippen molar-refractivity contribution in [2.45, 2.75) is 51.4 Å². The molecule has 0 aromatic heterocycles. The van der Waals surface area contributed by atoms with Crippen LogP contribution in [0.2, 0.25) is 0 Å². The van der Waals surface area contributed by atoms with Crippen LogP contribution < -0.4 is 0 Å².